The molecule has 0 aliphatic heterocycles. The number of benzene rings is 2. The van der Waals surface area contributed by atoms with Crippen LogP contribution in [0.5, 0.6) is 5.75 Å². The Morgan fingerprint density at radius 2 is 1.67 bits per heavy atom. The molecule has 2 aromatic carbocycles. The number of ether oxygens (including phenoxy) is 1. The van der Waals surface area contributed by atoms with Crippen molar-refractivity contribution in [1.29, 1.82) is 0 Å². The molecule has 2 aromatic rings. The highest BCUT2D eigenvalue weighted by atomic mass is 35.7. The first-order valence-corrected chi connectivity index (χ1v) is 8.77. The fourth-order valence-electron chi connectivity index (χ4n) is 1.93. The zero-order valence-electron chi connectivity index (χ0n) is 11.1. The van der Waals surface area contributed by atoms with Crippen molar-refractivity contribution in [2.75, 3.05) is 12.4 Å². The van der Waals surface area contributed by atoms with Crippen LogP contribution in [0, 0.1) is 5.82 Å². The van der Waals surface area contributed by atoms with Crippen molar-refractivity contribution in [2.45, 2.75) is 5.92 Å². The van der Waals surface area contributed by atoms with Gasteiger partial charge in [-0.05, 0) is 29.8 Å². The van der Waals surface area contributed by atoms with Gasteiger partial charge in [0.05, 0.1) is 12.4 Å². The van der Waals surface area contributed by atoms with Gasteiger partial charge in [0.2, 0.25) is 9.05 Å². The lowest BCUT2D eigenvalue weighted by molar-refractivity contribution is 0.296. The molecule has 0 fully saturated rings. The van der Waals surface area contributed by atoms with E-state index >= 15 is 0 Å². The van der Waals surface area contributed by atoms with Crippen LogP contribution in [0.15, 0.2) is 54.6 Å². The van der Waals surface area contributed by atoms with Crippen molar-refractivity contribution < 1.29 is 17.5 Å². The molecule has 3 nitrogen and oxygen atoms in total. The lowest BCUT2D eigenvalue weighted by Gasteiger charge is -2.16. The molecule has 0 spiro atoms. The summed E-state index contributed by atoms with van der Waals surface area (Å²) in [4.78, 5) is 0. The number of hydrogen-bond donors (Lipinski definition) is 0. The molecule has 1 atom stereocenters. The SMILES string of the molecule is O=S(=O)(Cl)CC(COc1ccc(F)cc1)c1ccccc1. The molecule has 0 radical (unpaired) electrons. The molecule has 0 saturated heterocycles. The standard InChI is InChI=1S/C15H14ClFO3S/c16-21(18,19)11-13(12-4-2-1-3-5-12)10-20-15-8-6-14(17)7-9-15/h1-9,13H,10-11H2. The molecule has 0 aromatic heterocycles. The second kappa shape index (κ2) is 6.91. The van der Waals surface area contributed by atoms with E-state index in [1.165, 1.54) is 24.3 Å². The molecule has 0 heterocycles. The van der Waals surface area contributed by atoms with Crippen molar-refractivity contribution in [3.05, 3.63) is 66.0 Å². The number of hydrogen-bond acceptors (Lipinski definition) is 3. The lowest BCUT2D eigenvalue weighted by Crippen LogP contribution is -2.18. The molecule has 1 unspecified atom stereocenters. The number of halogens is 2. The number of rotatable bonds is 6. The molecule has 6 heteroatoms. The summed E-state index contributed by atoms with van der Waals surface area (Å²) < 4.78 is 41.0. The third-order valence-corrected chi connectivity index (χ3v) is 4.11. The maximum absolute atomic E-state index is 12.8. The minimum atomic E-state index is -3.65. The molecule has 0 aliphatic carbocycles. The highest BCUT2D eigenvalue weighted by molar-refractivity contribution is 8.13. The van der Waals surface area contributed by atoms with E-state index in [-0.39, 0.29) is 18.2 Å². The van der Waals surface area contributed by atoms with Crippen LogP contribution in [0.3, 0.4) is 0 Å². The van der Waals surface area contributed by atoms with Gasteiger partial charge in [0.15, 0.2) is 0 Å². The zero-order chi connectivity index (χ0) is 15.3. The fraction of sp³-hybridized carbons (Fsp3) is 0.200. The van der Waals surface area contributed by atoms with Gasteiger partial charge in [-0.15, -0.1) is 0 Å². The van der Waals surface area contributed by atoms with Gasteiger partial charge in [0.25, 0.3) is 0 Å². The Hall–Kier alpha value is -1.59. The first kappa shape index (κ1) is 15.8. The summed E-state index contributed by atoms with van der Waals surface area (Å²) in [5.74, 6) is -0.493. The van der Waals surface area contributed by atoms with E-state index in [1.807, 2.05) is 30.3 Å². The molecule has 2 rings (SSSR count). The van der Waals surface area contributed by atoms with E-state index in [0.717, 1.165) is 5.56 Å². The smallest absolute Gasteiger partial charge is 0.233 e. The minimum Gasteiger partial charge on any atom is -0.493 e. The van der Waals surface area contributed by atoms with Gasteiger partial charge in [0.1, 0.15) is 11.6 Å². The first-order valence-electron chi connectivity index (χ1n) is 6.30. The highest BCUT2D eigenvalue weighted by Crippen LogP contribution is 2.21. The van der Waals surface area contributed by atoms with Gasteiger partial charge >= 0.3 is 0 Å². The van der Waals surface area contributed by atoms with Crippen LogP contribution in [-0.4, -0.2) is 20.8 Å². The van der Waals surface area contributed by atoms with Crippen LogP contribution in [0.25, 0.3) is 0 Å². The molecule has 112 valence electrons. The van der Waals surface area contributed by atoms with Gasteiger partial charge in [-0.1, -0.05) is 30.3 Å². The van der Waals surface area contributed by atoms with Crippen molar-refractivity contribution in [1.82, 2.24) is 0 Å². The second-order valence-corrected chi connectivity index (χ2v) is 7.40. The van der Waals surface area contributed by atoms with Crippen LogP contribution < -0.4 is 4.74 Å². The Bertz CT molecular complexity index is 672. The topological polar surface area (TPSA) is 43.4 Å². The van der Waals surface area contributed by atoms with Crippen molar-refractivity contribution in [3.8, 4) is 5.75 Å². The molecular formula is C15H14ClFO3S. The molecule has 0 amide bonds. The largest absolute Gasteiger partial charge is 0.493 e. The summed E-state index contributed by atoms with van der Waals surface area (Å²) in [5, 5.41) is 0. The summed E-state index contributed by atoms with van der Waals surface area (Å²) in [5.41, 5.74) is 0.823. The average Bonchev–Trinajstić information content (AvgIpc) is 2.45. The van der Waals surface area contributed by atoms with Gasteiger partial charge in [-0.2, -0.15) is 0 Å². The summed E-state index contributed by atoms with van der Waals surface area (Å²) in [6.07, 6.45) is 0. The van der Waals surface area contributed by atoms with Crippen LogP contribution in [0.4, 0.5) is 4.39 Å². The van der Waals surface area contributed by atoms with Crippen molar-refractivity contribution in [3.63, 3.8) is 0 Å². The van der Waals surface area contributed by atoms with Gasteiger partial charge < -0.3 is 4.74 Å². The first-order chi connectivity index (χ1) is 9.94. The van der Waals surface area contributed by atoms with E-state index in [9.17, 15) is 12.8 Å². The van der Waals surface area contributed by atoms with Crippen LogP contribution in [0.2, 0.25) is 0 Å². The van der Waals surface area contributed by atoms with Gasteiger partial charge in [0, 0.05) is 16.6 Å². The lowest BCUT2D eigenvalue weighted by atomic mass is 10.0. The van der Waals surface area contributed by atoms with Crippen molar-refractivity contribution >= 4 is 19.7 Å². The third kappa shape index (κ3) is 5.36. The minimum absolute atomic E-state index is 0.140. The predicted molar refractivity (Wildman–Crippen MR) is 80.7 cm³/mol. The summed E-state index contributed by atoms with van der Waals surface area (Å²) in [7, 11) is 1.70. The monoisotopic (exact) mass is 328 g/mol. The average molecular weight is 329 g/mol. The third-order valence-electron chi connectivity index (χ3n) is 2.94. The van der Waals surface area contributed by atoms with Gasteiger partial charge in [-0.25, -0.2) is 12.8 Å². The van der Waals surface area contributed by atoms with Crippen LogP contribution in [-0.2, 0) is 9.05 Å². The summed E-state index contributed by atoms with van der Waals surface area (Å²) in [6.45, 7) is 0.140. The van der Waals surface area contributed by atoms with Crippen LogP contribution >= 0.6 is 10.7 Å². The van der Waals surface area contributed by atoms with E-state index in [4.69, 9.17) is 15.4 Å². The molecule has 21 heavy (non-hydrogen) atoms. The Labute approximate surface area is 127 Å². The van der Waals surface area contributed by atoms with Crippen LogP contribution in [0.1, 0.15) is 11.5 Å². The molecule has 0 saturated carbocycles. The van der Waals surface area contributed by atoms with Crippen molar-refractivity contribution in [2.24, 2.45) is 0 Å². The van der Waals surface area contributed by atoms with E-state index in [1.54, 1.807) is 0 Å². The fourth-order valence-corrected chi connectivity index (χ4v) is 3.16. The summed E-state index contributed by atoms with van der Waals surface area (Å²) in [6, 6.07) is 14.7. The molecule has 0 aliphatic rings. The Morgan fingerprint density at radius 1 is 1.05 bits per heavy atom. The Balaban J connectivity index is 2.11. The highest BCUT2D eigenvalue weighted by Gasteiger charge is 2.19. The normalized spacial score (nSPS) is 12.9. The van der Waals surface area contributed by atoms with E-state index in [0.29, 0.717) is 5.75 Å². The molecule has 0 N–H and O–H groups in total. The zero-order valence-corrected chi connectivity index (χ0v) is 12.6. The predicted octanol–water partition coefficient (Wildman–Crippen LogP) is 3.56. The van der Waals surface area contributed by atoms with E-state index < -0.39 is 15.0 Å². The maximum atomic E-state index is 12.8. The molecule has 0 bridgehead atoms. The second-order valence-electron chi connectivity index (χ2n) is 4.58. The molecular weight excluding hydrogens is 315 g/mol. The maximum Gasteiger partial charge on any atom is 0.233 e. The Morgan fingerprint density at radius 3 is 2.24 bits per heavy atom. The quantitative estimate of drug-likeness (QED) is 0.762. The Kier molecular flexibility index (Phi) is 5.20. The summed E-state index contributed by atoms with van der Waals surface area (Å²) >= 11 is 0. The van der Waals surface area contributed by atoms with Gasteiger partial charge in [-0.3, -0.25) is 0 Å². The van der Waals surface area contributed by atoms with E-state index in [2.05, 4.69) is 0 Å².